The molecule has 6 heteroatoms. The normalized spacial score (nSPS) is 13.8. The summed E-state index contributed by atoms with van der Waals surface area (Å²) < 4.78 is 2.18. The van der Waals surface area contributed by atoms with Gasteiger partial charge >= 0.3 is 0 Å². The molecule has 1 saturated heterocycles. The SMILES string of the molecule is Cc1ccccc1C(=O)N1CCN(c2ncnc3c2c(-c2ccccc2)cn3-c2ccccc2C)CC1. The molecule has 0 spiro atoms. The van der Waals surface area contributed by atoms with Gasteiger partial charge in [0.25, 0.3) is 5.91 Å². The van der Waals surface area contributed by atoms with E-state index in [1.165, 1.54) is 5.56 Å². The molecule has 1 aliphatic rings. The highest BCUT2D eigenvalue weighted by atomic mass is 16.2. The van der Waals surface area contributed by atoms with E-state index in [4.69, 9.17) is 9.97 Å². The zero-order chi connectivity index (χ0) is 25.4. The van der Waals surface area contributed by atoms with Crippen molar-refractivity contribution in [1.29, 1.82) is 0 Å². The van der Waals surface area contributed by atoms with Crippen LogP contribution in [0.2, 0.25) is 0 Å². The van der Waals surface area contributed by atoms with Crippen LogP contribution in [0.4, 0.5) is 5.82 Å². The molecule has 2 aromatic heterocycles. The van der Waals surface area contributed by atoms with Gasteiger partial charge in [-0.05, 0) is 42.7 Å². The fourth-order valence-corrected chi connectivity index (χ4v) is 5.24. The molecule has 184 valence electrons. The fraction of sp³-hybridized carbons (Fsp3) is 0.194. The molecule has 3 aromatic carbocycles. The van der Waals surface area contributed by atoms with Gasteiger partial charge in [0, 0.05) is 49.2 Å². The molecule has 6 rings (SSSR count). The molecule has 0 saturated carbocycles. The minimum absolute atomic E-state index is 0.0984. The number of nitrogens with zero attached hydrogens (tertiary/aromatic N) is 5. The zero-order valence-corrected chi connectivity index (χ0v) is 21.1. The molecule has 0 atom stereocenters. The number of para-hydroxylation sites is 1. The Labute approximate surface area is 216 Å². The molecule has 0 aliphatic carbocycles. The molecule has 6 nitrogen and oxygen atoms in total. The Bertz CT molecular complexity index is 1580. The van der Waals surface area contributed by atoms with Crippen LogP contribution in [0.1, 0.15) is 21.5 Å². The summed E-state index contributed by atoms with van der Waals surface area (Å²) in [5.74, 6) is 1.01. The Morgan fingerprint density at radius 3 is 2.16 bits per heavy atom. The smallest absolute Gasteiger partial charge is 0.254 e. The Balaban J connectivity index is 1.39. The Morgan fingerprint density at radius 1 is 0.757 bits per heavy atom. The van der Waals surface area contributed by atoms with Gasteiger partial charge in [-0.15, -0.1) is 0 Å². The van der Waals surface area contributed by atoms with E-state index in [1.54, 1.807) is 6.33 Å². The van der Waals surface area contributed by atoms with Crippen LogP contribution in [0.25, 0.3) is 27.8 Å². The number of rotatable bonds is 4. The van der Waals surface area contributed by atoms with E-state index in [-0.39, 0.29) is 5.91 Å². The molecule has 37 heavy (non-hydrogen) atoms. The first-order valence-corrected chi connectivity index (χ1v) is 12.7. The maximum Gasteiger partial charge on any atom is 0.254 e. The second-order valence-electron chi connectivity index (χ2n) is 9.56. The molecule has 0 radical (unpaired) electrons. The third kappa shape index (κ3) is 4.14. The second-order valence-corrected chi connectivity index (χ2v) is 9.56. The van der Waals surface area contributed by atoms with E-state index in [9.17, 15) is 4.79 Å². The highest BCUT2D eigenvalue weighted by Gasteiger charge is 2.27. The molecule has 0 unspecified atom stereocenters. The highest BCUT2D eigenvalue weighted by Crippen LogP contribution is 2.37. The van der Waals surface area contributed by atoms with E-state index in [0.717, 1.165) is 44.8 Å². The largest absolute Gasteiger partial charge is 0.352 e. The summed E-state index contributed by atoms with van der Waals surface area (Å²) in [5, 5.41) is 1.04. The number of aryl methyl sites for hydroxylation is 2. The van der Waals surface area contributed by atoms with Gasteiger partial charge in [-0.25, -0.2) is 9.97 Å². The van der Waals surface area contributed by atoms with Crippen molar-refractivity contribution in [2.45, 2.75) is 13.8 Å². The summed E-state index contributed by atoms with van der Waals surface area (Å²) in [4.78, 5) is 27.0. The van der Waals surface area contributed by atoms with Crippen LogP contribution < -0.4 is 4.90 Å². The van der Waals surface area contributed by atoms with Crippen molar-refractivity contribution < 1.29 is 4.79 Å². The third-order valence-electron chi connectivity index (χ3n) is 7.26. The van der Waals surface area contributed by atoms with Gasteiger partial charge in [0.2, 0.25) is 0 Å². The summed E-state index contributed by atoms with van der Waals surface area (Å²) in [6.45, 7) is 6.85. The summed E-state index contributed by atoms with van der Waals surface area (Å²) >= 11 is 0. The lowest BCUT2D eigenvalue weighted by Gasteiger charge is -2.36. The van der Waals surface area contributed by atoms with E-state index in [2.05, 4.69) is 71.1 Å². The first-order valence-electron chi connectivity index (χ1n) is 12.7. The summed E-state index contributed by atoms with van der Waals surface area (Å²) in [6, 6.07) is 26.6. The zero-order valence-electron chi connectivity index (χ0n) is 21.1. The highest BCUT2D eigenvalue weighted by molar-refractivity contribution is 6.02. The molecule has 1 amide bonds. The van der Waals surface area contributed by atoms with Crippen LogP contribution in [0, 0.1) is 13.8 Å². The number of benzene rings is 3. The second kappa shape index (κ2) is 9.54. The van der Waals surface area contributed by atoms with Crippen molar-refractivity contribution in [3.63, 3.8) is 0 Å². The lowest BCUT2D eigenvalue weighted by Crippen LogP contribution is -2.49. The van der Waals surface area contributed by atoms with E-state index < -0.39 is 0 Å². The molecule has 0 N–H and O–H groups in total. The van der Waals surface area contributed by atoms with Crippen LogP contribution >= 0.6 is 0 Å². The van der Waals surface area contributed by atoms with Crippen LogP contribution in [0.15, 0.2) is 91.4 Å². The minimum atomic E-state index is 0.0984. The molecule has 1 fully saturated rings. The topological polar surface area (TPSA) is 54.3 Å². The Hall–Kier alpha value is -4.45. The van der Waals surface area contributed by atoms with E-state index in [0.29, 0.717) is 26.2 Å². The maximum absolute atomic E-state index is 13.2. The monoisotopic (exact) mass is 487 g/mol. The number of carbonyl (C=O) groups excluding carboxylic acids is 1. The quantitative estimate of drug-likeness (QED) is 0.328. The Morgan fingerprint density at radius 2 is 1.43 bits per heavy atom. The van der Waals surface area contributed by atoms with Crippen molar-refractivity contribution >= 4 is 22.8 Å². The van der Waals surface area contributed by atoms with Gasteiger partial charge in [-0.3, -0.25) is 4.79 Å². The van der Waals surface area contributed by atoms with Gasteiger partial charge < -0.3 is 14.4 Å². The molecule has 1 aliphatic heterocycles. The first kappa shape index (κ1) is 23.0. The molecule has 0 bridgehead atoms. The van der Waals surface area contributed by atoms with Crippen LogP contribution in [0.5, 0.6) is 0 Å². The third-order valence-corrected chi connectivity index (χ3v) is 7.26. The van der Waals surface area contributed by atoms with Gasteiger partial charge in [0.15, 0.2) is 5.65 Å². The van der Waals surface area contributed by atoms with Crippen molar-refractivity contribution in [3.05, 3.63) is 108 Å². The van der Waals surface area contributed by atoms with Crippen LogP contribution in [0.3, 0.4) is 0 Å². The van der Waals surface area contributed by atoms with Crippen LogP contribution in [-0.2, 0) is 0 Å². The average molecular weight is 488 g/mol. The molecular formula is C31H29N5O. The number of fused-ring (bicyclic) bond motifs is 1. The fourth-order valence-electron chi connectivity index (χ4n) is 5.24. The van der Waals surface area contributed by atoms with Gasteiger partial charge in [-0.2, -0.15) is 0 Å². The number of carbonyl (C=O) groups is 1. The van der Waals surface area contributed by atoms with Gasteiger partial charge in [0.1, 0.15) is 12.1 Å². The average Bonchev–Trinajstić information content (AvgIpc) is 3.34. The first-order chi connectivity index (χ1) is 18.1. The van der Waals surface area contributed by atoms with Gasteiger partial charge in [0.05, 0.1) is 5.39 Å². The minimum Gasteiger partial charge on any atom is -0.352 e. The number of aromatic nitrogens is 3. The number of hydrogen-bond donors (Lipinski definition) is 0. The molecular weight excluding hydrogens is 458 g/mol. The maximum atomic E-state index is 13.2. The predicted molar refractivity (Wildman–Crippen MR) is 148 cm³/mol. The van der Waals surface area contributed by atoms with Crippen molar-refractivity contribution in [2.24, 2.45) is 0 Å². The van der Waals surface area contributed by atoms with Gasteiger partial charge in [-0.1, -0.05) is 66.7 Å². The van der Waals surface area contributed by atoms with Crippen molar-refractivity contribution in [2.75, 3.05) is 31.1 Å². The lowest BCUT2D eigenvalue weighted by molar-refractivity contribution is 0.0746. The van der Waals surface area contributed by atoms with E-state index >= 15 is 0 Å². The number of amides is 1. The number of piperazine rings is 1. The standard InChI is InChI=1S/C31H29N5O/c1-22-10-6-8-14-25(22)31(37)35-18-16-34(17-19-35)29-28-26(24-12-4-3-5-13-24)20-36(30(28)33-21-32-29)27-15-9-7-11-23(27)2/h3-15,20-21H,16-19H2,1-2H3. The van der Waals surface area contributed by atoms with Crippen molar-refractivity contribution in [3.8, 4) is 16.8 Å². The molecule has 3 heterocycles. The van der Waals surface area contributed by atoms with Crippen molar-refractivity contribution in [1.82, 2.24) is 19.4 Å². The molecule has 5 aromatic rings. The summed E-state index contributed by atoms with van der Waals surface area (Å²) in [6.07, 6.45) is 3.84. The summed E-state index contributed by atoms with van der Waals surface area (Å²) in [7, 11) is 0. The summed E-state index contributed by atoms with van der Waals surface area (Å²) in [5.41, 5.74) is 7.20. The van der Waals surface area contributed by atoms with E-state index in [1.807, 2.05) is 42.2 Å². The number of anilines is 1. The predicted octanol–water partition coefficient (Wildman–Crippen LogP) is 5.67. The lowest BCUT2D eigenvalue weighted by atomic mass is 10.1. The number of hydrogen-bond acceptors (Lipinski definition) is 4. The van der Waals surface area contributed by atoms with Crippen LogP contribution in [-0.4, -0.2) is 51.5 Å². The Kier molecular flexibility index (Phi) is 5.93.